The first-order valence-corrected chi connectivity index (χ1v) is 11.1. The molecular formula is C19H20N4O3S2. The summed E-state index contributed by atoms with van der Waals surface area (Å²) in [4.78, 5) is 35.5. The summed E-state index contributed by atoms with van der Waals surface area (Å²) in [5.74, 6) is 0. The predicted molar refractivity (Wildman–Crippen MR) is 110 cm³/mol. The summed E-state index contributed by atoms with van der Waals surface area (Å²) in [5.41, 5.74) is 1.43. The van der Waals surface area contributed by atoms with E-state index in [1.807, 2.05) is 36.6 Å². The number of piperidine rings is 1. The molecule has 0 N–H and O–H groups in total. The Morgan fingerprint density at radius 2 is 2.04 bits per heavy atom. The van der Waals surface area contributed by atoms with Crippen molar-refractivity contribution in [3.63, 3.8) is 0 Å². The first kappa shape index (κ1) is 18.9. The number of hydrogen-bond acceptors (Lipinski definition) is 7. The maximum Gasteiger partial charge on any atom is 0.410 e. The molecule has 146 valence electrons. The van der Waals surface area contributed by atoms with Crippen molar-refractivity contribution in [3.05, 3.63) is 52.6 Å². The van der Waals surface area contributed by atoms with Crippen LogP contribution in [0.3, 0.4) is 0 Å². The lowest BCUT2D eigenvalue weighted by Gasteiger charge is -2.32. The summed E-state index contributed by atoms with van der Waals surface area (Å²) in [6.07, 6.45) is 4.60. The van der Waals surface area contributed by atoms with E-state index < -0.39 is 0 Å². The largest absolute Gasteiger partial charge is 0.445 e. The first-order chi connectivity index (χ1) is 13.7. The van der Waals surface area contributed by atoms with Gasteiger partial charge in [0.25, 0.3) is 5.56 Å². The Labute approximate surface area is 170 Å². The average molecular weight is 417 g/mol. The van der Waals surface area contributed by atoms with E-state index in [1.54, 1.807) is 15.8 Å². The van der Waals surface area contributed by atoms with Crippen molar-refractivity contribution in [2.24, 2.45) is 0 Å². The standard InChI is InChI=1S/C19H20N4O3S2/c1-27-18-21-16-15(28-18)17(24)23(12-20-16)14-7-9-22(10-8-14)19(25)26-11-13-5-3-2-4-6-13/h2-6,12,14H,7-11H2,1H3. The van der Waals surface area contributed by atoms with Crippen molar-refractivity contribution in [2.45, 2.75) is 29.8 Å². The third-order valence-electron chi connectivity index (χ3n) is 4.82. The number of nitrogens with zero attached hydrogens (tertiary/aromatic N) is 4. The number of carbonyl (C=O) groups excluding carboxylic acids is 1. The zero-order valence-electron chi connectivity index (χ0n) is 15.4. The molecule has 2 aromatic heterocycles. The molecule has 3 heterocycles. The molecule has 0 atom stereocenters. The number of benzene rings is 1. The summed E-state index contributed by atoms with van der Waals surface area (Å²) in [5, 5.41) is 0. The number of thiazole rings is 1. The van der Waals surface area contributed by atoms with Gasteiger partial charge in [0.1, 0.15) is 17.6 Å². The minimum Gasteiger partial charge on any atom is -0.445 e. The lowest BCUT2D eigenvalue weighted by Crippen LogP contribution is -2.41. The molecular weight excluding hydrogens is 396 g/mol. The van der Waals surface area contributed by atoms with Gasteiger partial charge in [-0.2, -0.15) is 0 Å². The molecule has 0 radical (unpaired) electrons. The van der Waals surface area contributed by atoms with Gasteiger partial charge in [-0.05, 0) is 24.7 Å². The number of fused-ring (bicyclic) bond motifs is 1. The van der Waals surface area contributed by atoms with Gasteiger partial charge in [-0.15, -0.1) is 11.3 Å². The second-order valence-corrected chi connectivity index (χ2v) is 8.60. The SMILES string of the molecule is CSc1nc2ncn(C3CCN(C(=O)OCc4ccccc4)CC3)c(=O)c2s1. The van der Waals surface area contributed by atoms with Crippen LogP contribution in [0.5, 0.6) is 0 Å². The van der Waals surface area contributed by atoms with Gasteiger partial charge >= 0.3 is 6.09 Å². The van der Waals surface area contributed by atoms with E-state index in [-0.39, 0.29) is 24.3 Å². The highest BCUT2D eigenvalue weighted by Gasteiger charge is 2.26. The smallest absolute Gasteiger partial charge is 0.410 e. The van der Waals surface area contributed by atoms with Gasteiger partial charge in [0.05, 0.1) is 0 Å². The highest BCUT2D eigenvalue weighted by atomic mass is 32.2. The van der Waals surface area contributed by atoms with Gasteiger partial charge in [-0.1, -0.05) is 42.1 Å². The van der Waals surface area contributed by atoms with Gasteiger partial charge in [0.15, 0.2) is 9.99 Å². The number of likely N-dealkylation sites (tertiary alicyclic amines) is 1. The maximum atomic E-state index is 12.8. The fourth-order valence-electron chi connectivity index (χ4n) is 3.29. The second kappa shape index (κ2) is 8.32. The number of rotatable bonds is 4. The van der Waals surface area contributed by atoms with Gasteiger partial charge in [0.2, 0.25) is 0 Å². The van der Waals surface area contributed by atoms with E-state index in [9.17, 15) is 9.59 Å². The van der Waals surface area contributed by atoms with Crippen molar-refractivity contribution in [1.82, 2.24) is 19.4 Å². The Kier molecular flexibility index (Phi) is 5.63. The number of carbonyl (C=O) groups is 1. The molecule has 1 aromatic carbocycles. The Bertz CT molecular complexity index is 1030. The summed E-state index contributed by atoms with van der Waals surface area (Å²) >= 11 is 2.90. The van der Waals surface area contributed by atoms with Crippen LogP contribution in [0.1, 0.15) is 24.4 Å². The molecule has 4 rings (SSSR count). The van der Waals surface area contributed by atoms with Crippen molar-refractivity contribution in [2.75, 3.05) is 19.3 Å². The third-order valence-corrected chi connectivity index (χ3v) is 6.84. The van der Waals surface area contributed by atoms with Crippen molar-refractivity contribution in [3.8, 4) is 0 Å². The van der Waals surface area contributed by atoms with Gasteiger partial charge in [0, 0.05) is 19.1 Å². The molecule has 0 unspecified atom stereocenters. The summed E-state index contributed by atoms with van der Waals surface area (Å²) in [7, 11) is 0. The number of amides is 1. The lowest BCUT2D eigenvalue weighted by atomic mass is 10.1. The molecule has 1 aliphatic rings. The zero-order valence-corrected chi connectivity index (χ0v) is 17.0. The number of ether oxygens (including phenoxy) is 1. The lowest BCUT2D eigenvalue weighted by molar-refractivity contribution is 0.0828. The van der Waals surface area contributed by atoms with Crippen LogP contribution in [0.25, 0.3) is 10.3 Å². The quantitative estimate of drug-likeness (QED) is 0.606. The van der Waals surface area contributed by atoms with E-state index in [0.717, 1.165) is 9.90 Å². The summed E-state index contributed by atoms with van der Waals surface area (Å²) in [6.45, 7) is 1.38. The molecule has 28 heavy (non-hydrogen) atoms. The number of hydrogen-bond donors (Lipinski definition) is 0. The zero-order chi connectivity index (χ0) is 19.5. The van der Waals surface area contributed by atoms with Gasteiger partial charge in [-0.25, -0.2) is 14.8 Å². The maximum absolute atomic E-state index is 12.8. The summed E-state index contributed by atoms with van der Waals surface area (Å²) in [6, 6.07) is 9.65. The molecule has 0 aliphatic carbocycles. The molecule has 0 spiro atoms. The van der Waals surface area contributed by atoms with Crippen LogP contribution in [-0.4, -0.2) is 44.9 Å². The molecule has 1 aliphatic heterocycles. The van der Waals surface area contributed by atoms with Crippen molar-refractivity contribution >= 4 is 39.5 Å². The van der Waals surface area contributed by atoms with Gasteiger partial charge < -0.3 is 9.64 Å². The second-order valence-electron chi connectivity index (χ2n) is 6.55. The van der Waals surface area contributed by atoms with E-state index in [4.69, 9.17) is 4.74 Å². The Balaban J connectivity index is 1.38. The average Bonchev–Trinajstić information content (AvgIpc) is 3.18. The van der Waals surface area contributed by atoms with Crippen LogP contribution in [-0.2, 0) is 11.3 Å². The fourth-order valence-corrected chi connectivity index (χ4v) is 4.74. The third kappa shape index (κ3) is 3.90. The molecule has 1 saturated heterocycles. The highest BCUT2D eigenvalue weighted by Crippen LogP contribution is 2.26. The highest BCUT2D eigenvalue weighted by molar-refractivity contribution is 8.00. The Morgan fingerprint density at radius 3 is 2.75 bits per heavy atom. The number of thioether (sulfide) groups is 1. The minimum atomic E-state index is -0.310. The van der Waals surface area contributed by atoms with Crippen LogP contribution >= 0.6 is 23.1 Å². The Morgan fingerprint density at radius 1 is 1.29 bits per heavy atom. The molecule has 1 amide bonds. The van der Waals surface area contributed by atoms with Crippen LogP contribution in [0.2, 0.25) is 0 Å². The number of aromatic nitrogens is 3. The van der Waals surface area contributed by atoms with Gasteiger partial charge in [-0.3, -0.25) is 9.36 Å². The predicted octanol–water partition coefficient (Wildman–Crippen LogP) is 3.55. The monoisotopic (exact) mass is 416 g/mol. The molecule has 7 nitrogen and oxygen atoms in total. The first-order valence-electron chi connectivity index (χ1n) is 9.03. The van der Waals surface area contributed by atoms with Crippen molar-refractivity contribution < 1.29 is 9.53 Å². The molecule has 0 bridgehead atoms. The molecule has 3 aromatic rings. The van der Waals surface area contributed by atoms with E-state index in [2.05, 4.69) is 9.97 Å². The van der Waals surface area contributed by atoms with E-state index in [0.29, 0.717) is 36.3 Å². The molecule has 9 heteroatoms. The van der Waals surface area contributed by atoms with Crippen LogP contribution < -0.4 is 5.56 Å². The van der Waals surface area contributed by atoms with Crippen molar-refractivity contribution in [1.29, 1.82) is 0 Å². The minimum absolute atomic E-state index is 0.0300. The summed E-state index contributed by atoms with van der Waals surface area (Å²) < 4.78 is 8.53. The Hall–Kier alpha value is -2.39. The fraction of sp³-hybridized carbons (Fsp3) is 0.368. The topological polar surface area (TPSA) is 77.3 Å². The van der Waals surface area contributed by atoms with Crippen LogP contribution in [0.4, 0.5) is 4.79 Å². The normalized spacial score (nSPS) is 15.1. The van der Waals surface area contributed by atoms with E-state index in [1.165, 1.54) is 23.1 Å². The van der Waals surface area contributed by atoms with Crippen LogP contribution in [0, 0.1) is 0 Å². The van der Waals surface area contributed by atoms with Crippen LogP contribution in [0.15, 0.2) is 45.8 Å². The van der Waals surface area contributed by atoms with E-state index >= 15 is 0 Å². The molecule has 0 saturated carbocycles. The molecule has 1 fully saturated rings.